The molecule has 1 rings (SSSR count). The summed E-state index contributed by atoms with van der Waals surface area (Å²) in [6.45, 7) is 10.6. The molecule has 31 heavy (non-hydrogen) atoms. The third-order valence-electron chi connectivity index (χ3n) is 5.77. The smallest absolute Gasteiger partial charge is 0.166 e. The van der Waals surface area contributed by atoms with Gasteiger partial charge in [0.15, 0.2) is 11.5 Å². The topological polar surface area (TPSA) is 30.5 Å². The lowest BCUT2D eigenvalue weighted by Gasteiger charge is -2.15. The first-order valence-electron chi connectivity index (χ1n) is 12.8. The predicted molar refractivity (Wildman–Crippen MR) is 135 cm³/mol. The fraction of sp³-hybridized carbons (Fsp3) is 0.714. The average molecular weight is 432 g/mol. The van der Waals surface area contributed by atoms with E-state index in [1.54, 1.807) is 7.11 Å². The third-order valence-corrected chi connectivity index (χ3v) is 5.77. The fourth-order valence-corrected chi connectivity index (χ4v) is 3.89. The van der Waals surface area contributed by atoms with Gasteiger partial charge in [0.05, 0.1) is 7.11 Å². The van der Waals surface area contributed by atoms with Crippen LogP contribution in [0.15, 0.2) is 30.4 Å². The summed E-state index contributed by atoms with van der Waals surface area (Å²) in [5.74, 6) is 1.62. The molecule has 0 spiro atoms. The van der Waals surface area contributed by atoms with Crippen LogP contribution in [-0.2, 0) is 6.54 Å². The zero-order valence-corrected chi connectivity index (χ0v) is 20.8. The van der Waals surface area contributed by atoms with E-state index >= 15 is 0 Å². The maximum absolute atomic E-state index is 5.94. The normalized spacial score (nSPS) is 10.9. The molecule has 0 amide bonds. The summed E-state index contributed by atoms with van der Waals surface area (Å²) in [7, 11) is 1.69. The molecule has 0 aliphatic rings. The standard InChI is InChI=1S/C28H49NO2/c1-5-6-7-8-9-10-11-12-13-14-15-16-17-18-22-29-23-26-20-19-21-27(30-4)28(26)31-24-25(2)3/h19-21,29H,2,5-18,22-24H2,1,3-4H3. The van der Waals surface area contributed by atoms with Gasteiger partial charge in [-0.2, -0.15) is 0 Å². The van der Waals surface area contributed by atoms with Gasteiger partial charge in [0.1, 0.15) is 6.61 Å². The van der Waals surface area contributed by atoms with Crippen LogP contribution in [0.25, 0.3) is 0 Å². The molecule has 0 bridgehead atoms. The van der Waals surface area contributed by atoms with Crippen molar-refractivity contribution in [3.05, 3.63) is 35.9 Å². The van der Waals surface area contributed by atoms with Crippen LogP contribution in [0.1, 0.15) is 109 Å². The molecule has 0 radical (unpaired) electrons. The molecule has 3 heteroatoms. The van der Waals surface area contributed by atoms with Crippen molar-refractivity contribution >= 4 is 0 Å². The Kier molecular flexibility index (Phi) is 17.1. The highest BCUT2D eigenvalue weighted by Crippen LogP contribution is 2.31. The molecule has 0 unspecified atom stereocenters. The molecule has 0 aliphatic heterocycles. The zero-order valence-electron chi connectivity index (χ0n) is 20.8. The minimum absolute atomic E-state index is 0.520. The maximum atomic E-state index is 5.94. The predicted octanol–water partition coefficient (Wildman–Crippen LogP) is 8.22. The highest BCUT2D eigenvalue weighted by atomic mass is 16.5. The number of methoxy groups -OCH3 is 1. The number of hydrogen-bond donors (Lipinski definition) is 1. The maximum Gasteiger partial charge on any atom is 0.166 e. The number of benzene rings is 1. The molecule has 0 heterocycles. The van der Waals surface area contributed by atoms with Crippen molar-refractivity contribution in [2.75, 3.05) is 20.3 Å². The van der Waals surface area contributed by atoms with Crippen LogP contribution >= 0.6 is 0 Å². The fourth-order valence-electron chi connectivity index (χ4n) is 3.89. The SMILES string of the molecule is C=C(C)COc1c(CNCCCCCCCCCCCCCCCC)cccc1OC. The number of nitrogens with one attached hydrogen (secondary N) is 1. The van der Waals surface area contributed by atoms with Crippen molar-refractivity contribution in [2.45, 2.75) is 110 Å². The van der Waals surface area contributed by atoms with Gasteiger partial charge in [-0.3, -0.25) is 0 Å². The Labute approximate surface area is 193 Å². The molecule has 0 atom stereocenters. The molecule has 1 N–H and O–H groups in total. The van der Waals surface area contributed by atoms with E-state index in [9.17, 15) is 0 Å². The third kappa shape index (κ3) is 14.2. The summed E-state index contributed by atoms with van der Waals surface area (Å²) in [6, 6.07) is 6.08. The highest BCUT2D eigenvalue weighted by molar-refractivity contribution is 5.46. The van der Waals surface area contributed by atoms with E-state index in [2.05, 4.69) is 24.9 Å². The van der Waals surface area contributed by atoms with Gasteiger partial charge in [0, 0.05) is 12.1 Å². The Morgan fingerprint density at radius 3 is 1.90 bits per heavy atom. The molecule has 1 aromatic rings. The van der Waals surface area contributed by atoms with Gasteiger partial charge in [-0.05, 0) is 31.5 Å². The van der Waals surface area contributed by atoms with Crippen LogP contribution < -0.4 is 14.8 Å². The lowest BCUT2D eigenvalue weighted by Crippen LogP contribution is -2.16. The lowest BCUT2D eigenvalue weighted by atomic mass is 10.0. The van der Waals surface area contributed by atoms with Crippen LogP contribution in [0.4, 0.5) is 0 Å². The molecule has 3 nitrogen and oxygen atoms in total. The van der Waals surface area contributed by atoms with Crippen molar-refractivity contribution in [3.8, 4) is 11.5 Å². The molecule has 1 aromatic carbocycles. The average Bonchev–Trinajstić information content (AvgIpc) is 2.77. The summed E-state index contributed by atoms with van der Waals surface area (Å²) >= 11 is 0. The first-order valence-corrected chi connectivity index (χ1v) is 12.8. The first kappa shape index (κ1) is 27.6. The summed E-state index contributed by atoms with van der Waals surface area (Å²) in [5.41, 5.74) is 2.15. The van der Waals surface area contributed by atoms with Crippen LogP contribution in [0, 0.1) is 0 Å². The van der Waals surface area contributed by atoms with Crippen molar-refractivity contribution in [2.24, 2.45) is 0 Å². The molecule has 0 fully saturated rings. The van der Waals surface area contributed by atoms with Gasteiger partial charge in [-0.25, -0.2) is 0 Å². The Bertz CT molecular complexity index is 570. The second kappa shape index (κ2) is 19.2. The van der Waals surface area contributed by atoms with Crippen molar-refractivity contribution < 1.29 is 9.47 Å². The first-order chi connectivity index (χ1) is 15.2. The Balaban J connectivity index is 2.02. The summed E-state index contributed by atoms with van der Waals surface area (Å²) in [4.78, 5) is 0. The Morgan fingerprint density at radius 2 is 1.39 bits per heavy atom. The van der Waals surface area contributed by atoms with E-state index in [0.29, 0.717) is 6.61 Å². The number of rotatable bonds is 21. The second-order valence-electron chi connectivity index (χ2n) is 8.97. The zero-order chi connectivity index (χ0) is 22.6. The second-order valence-corrected chi connectivity index (χ2v) is 8.97. The Hall–Kier alpha value is -1.48. The molecule has 0 saturated carbocycles. The van der Waals surface area contributed by atoms with Gasteiger partial charge >= 0.3 is 0 Å². The lowest BCUT2D eigenvalue weighted by molar-refractivity contribution is 0.315. The number of ether oxygens (including phenoxy) is 2. The number of unbranched alkanes of at least 4 members (excludes halogenated alkanes) is 13. The molecule has 0 saturated heterocycles. The monoisotopic (exact) mass is 431 g/mol. The summed E-state index contributed by atoms with van der Waals surface area (Å²) in [6.07, 6.45) is 19.6. The largest absolute Gasteiger partial charge is 0.493 e. The van der Waals surface area contributed by atoms with E-state index in [1.165, 1.54) is 89.9 Å². The van der Waals surface area contributed by atoms with Crippen molar-refractivity contribution in [3.63, 3.8) is 0 Å². The van der Waals surface area contributed by atoms with E-state index < -0.39 is 0 Å². The van der Waals surface area contributed by atoms with Crippen LogP contribution in [0.5, 0.6) is 11.5 Å². The molecule has 0 aliphatic carbocycles. The van der Waals surface area contributed by atoms with Crippen LogP contribution in [-0.4, -0.2) is 20.3 Å². The Morgan fingerprint density at radius 1 is 0.839 bits per heavy atom. The van der Waals surface area contributed by atoms with Crippen molar-refractivity contribution in [1.82, 2.24) is 5.32 Å². The van der Waals surface area contributed by atoms with E-state index in [0.717, 1.165) is 35.7 Å². The van der Waals surface area contributed by atoms with Gasteiger partial charge < -0.3 is 14.8 Å². The van der Waals surface area contributed by atoms with Gasteiger partial charge in [0.2, 0.25) is 0 Å². The molecule has 178 valence electrons. The molecular weight excluding hydrogens is 382 g/mol. The van der Waals surface area contributed by atoms with Gasteiger partial charge in [-0.15, -0.1) is 0 Å². The van der Waals surface area contributed by atoms with Gasteiger partial charge in [0.25, 0.3) is 0 Å². The quantitative estimate of drug-likeness (QED) is 0.157. The molecular formula is C28H49NO2. The van der Waals surface area contributed by atoms with Crippen molar-refractivity contribution in [1.29, 1.82) is 0 Å². The van der Waals surface area contributed by atoms with Crippen LogP contribution in [0.2, 0.25) is 0 Å². The number of para-hydroxylation sites is 1. The van der Waals surface area contributed by atoms with E-state index in [4.69, 9.17) is 9.47 Å². The van der Waals surface area contributed by atoms with Gasteiger partial charge in [-0.1, -0.05) is 109 Å². The highest BCUT2D eigenvalue weighted by Gasteiger charge is 2.10. The minimum atomic E-state index is 0.520. The molecule has 0 aromatic heterocycles. The summed E-state index contributed by atoms with van der Waals surface area (Å²) in [5, 5.41) is 3.57. The summed E-state index contributed by atoms with van der Waals surface area (Å²) < 4.78 is 11.4. The van der Waals surface area contributed by atoms with E-state index in [-0.39, 0.29) is 0 Å². The minimum Gasteiger partial charge on any atom is -0.493 e. The van der Waals surface area contributed by atoms with Crippen LogP contribution in [0.3, 0.4) is 0 Å². The number of hydrogen-bond acceptors (Lipinski definition) is 3. The van der Waals surface area contributed by atoms with E-state index in [1.807, 2.05) is 19.1 Å².